The van der Waals surface area contributed by atoms with Crippen molar-refractivity contribution in [2.75, 3.05) is 19.8 Å². The van der Waals surface area contributed by atoms with Gasteiger partial charge in [-0.2, -0.15) is 0 Å². The molecule has 2 heterocycles. The van der Waals surface area contributed by atoms with E-state index in [9.17, 15) is 0 Å². The summed E-state index contributed by atoms with van der Waals surface area (Å²) in [4.78, 5) is 0. The highest BCUT2D eigenvalue weighted by molar-refractivity contribution is 5.85. The summed E-state index contributed by atoms with van der Waals surface area (Å²) in [6, 6.07) is 0. The number of halogens is 1. The van der Waals surface area contributed by atoms with Gasteiger partial charge in [0.1, 0.15) is 6.23 Å². The molecule has 3 nitrogen and oxygen atoms in total. The molecule has 14 heavy (non-hydrogen) atoms. The first-order chi connectivity index (χ1) is 6.17. The van der Waals surface area contributed by atoms with Gasteiger partial charge in [0.25, 0.3) is 0 Å². The Kier molecular flexibility index (Phi) is 4.19. The molecular weight excluding hydrogens is 202 g/mol. The van der Waals surface area contributed by atoms with Crippen LogP contribution in [0.1, 0.15) is 26.7 Å². The third kappa shape index (κ3) is 2.83. The average Bonchev–Trinajstić information content (AvgIpc) is 2.48. The monoisotopic (exact) mass is 221 g/mol. The van der Waals surface area contributed by atoms with E-state index in [4.69, 9.17) is 9.47 Å². The summed E-state index contributed by atoms with van der Waals surface area (Å²) in [6.45, 7) is 6.99. The van der Waals surface area contributed by atoms with Crippen LogP contribution in [0.15, 0.2) is 0 Å². The molecule has 0 aromatic carbocycles. The Hall–Kier alpha value is 0.170. The second kappa shape index (κ2) is 4.79. The van der Waals surface area contributed by atoms with Crippen LogP contribution in [-0.4, -0.2) is 31.6 Å². The molecule has 0 aromatic rings. The van der Waals surface area contributed by atoms with Crippen molar-refractivity contribution in [3.8, 4) is 0 Å². The summed E-state index contributed by atoms with van der Waals surface area (Å²) >= 11 is 0. The fraction of sp³-hybridized carbons (Fsp3) is 1.00. The van der Waals surface area contributed by atoms with Gasteiger partial charge in [-0.05, 0) is 26.7 Å². The van der Waals surface area contributed by atoms with Gasteiger partial charge in [-0.3, -0.25) is 5.32 Å². The van der Waals surface area contributed by atoms with Crippen molar-refractivity contribution >= 4 is 12.4 Å². The quantitative estimate of drug-likeness (QED) is 0.729. The highest BCUT2D eigenvalue weighted by Crippen LogP contribution is 2.25. The summed E-state index contributed by atoms with van der Waals surface area (Å²) in [5, 5.41) is 3.52. The SMILES string of the molecule is CC1(C)COC(C2CCOCC2)N1.Cl. The lowest BCUT2D eigenvalue weighted by atomic mass is 9.97. The number of ether oxygens (including phenoxy) is 2. The van der Waals surface area contributed by atoms with Crippen LogP contribution in [0.25, 0.3) is 0 Å². The van der Waals surface area contributed by atoms with Crippen LogP contribution in [0.3, 0.4) is 0 Å². The first-order valence-corrected chi connectivity index (χ1v) is 5.14. The molecule has 1 atom stereocenters. The Morgan fingerprint density at radius 2 is 1.86 bits per heavy atom. The van der Waals surface area contributed by atoms with Crippen molar-refractivity contribution in [1.82, 2.24) is 5.32 Å². The minimum absolute atomic E-state index is 0. The molecule has 0 bridgehead atoms. The number of hydrogen-bond donors (Lipinski definition) is 1. The van der Waals surface area contributed by atoms with Crippen molar-refractivity contribution in [3.05, 3.63) is 0 Å². The second-order valence-electron chi connectivity index (χ2n) is 4.71. The van der Waals surface area contributed by atoms with Gasteiger partial charge < -0.3 is 9.47 Å². The zero-order chi connectivity index (χ0) is 9.31. The maximum atomic E-state index is 5.74. The van der Waals surface area contributed by atoms with E-state index in [0.29, 0.717) is 5.92 Å². The molecule has 1 unspecified atom stereocenters. The molecule has 84 valence electrons. The smallest absolute Gasteiger partial charge is 0.111 e. The standard InChI is InChI=1S/C10H19NO2.ClH/c1-10(2)7-13-9(11-10)8-3-5-12-6-4-8;/h8-9,11H,3-7H2,1-2H3;1H. The Balaban J connectivity index is 0.000000980. The molecule has 0 radical (unpaired) electrons. The zero-order valence-electron chi connectivity index (χ0n) is 8.91. The van der Waals surface area contributed by atoms with Crippen molar-refractivity contribution in [2.24, 2.45) is 5.92 Å². The van der Waals surface area contributed by atoms with E-state index >= 15 is 0 Å². The van der Waals surface area contributed by atoms with Gasteiger partial charge in [0.2, 0.25) is 0 Å². The van der Waals surface area contributed by atoms with Gasteiger partial charge in [-0.25, -0.2) is 0 Å². The molecule has 2 rings (SSSR count). The second-order valence-corrected chi connectivity index (χ2v) is 4.71. The summed E-state index contributed by atoms with van der Waals surface area (Å²) in [6.07, 6.45) is 2.53. The summed E-state index contributed by atoms with van der Waals surface area (Å²) in [5.74, 6) is 0.649. The van der Waals surface area contributed by atoms with Gasteiger partial charge in [0.15, 0.2) is 0 Å². The van der Waals surface area contributed by atoms with Crippen LogP contribution >= 0.6 is 12.4 Å². The zero-order valence-corrected chi connectivity index (χ0v) is 9.73. The maximum Gasteiger partial charge on any atom is 0.111 e. The van der Waals surface area contributed by atoms with Gasteiger partial charge in [0.05, 0.1) is 6.61 Å². The Morgan fingerprint density at radius 1 is 1.21 bits per heavy atom. The van der Waals surface area contributed by atoms with Crippen molar-refractivity contribution < 1.29 is 9.47 Å². The number of nitrogens with one attached hydrogen (secondary N) is 1. The lowest BCUT2D eigenvalue weighted by Gasteiger charge is -2.28. The molecule has 0 saturated carbocycles. The van der Waals surface area contributed by atoms with Crippen molar-refractivity contribution in [2.45, 2.75) is 38.5 Å². The fourth-order valence-corrected chi connectivity index (χ4v) is 2.04. The van der Waals surface area contributed by atoms with Gasteiger partial charge in [-0.1, -0.05) is 0 Å². The molecule has 0 aliphatic carbocycles. The predicted octanol–water partition coefficient (Wildman–Crippen LogP) is 1.56. The predicted molar refractivity (Wildman–Crippen MR) is 57.7 cm³/mol. The fourth-order valence-electron chi connectivity index (χ4n) is 2.04. The van der Waals surface area contributed by atoms with E-state index in [1.807, 2.05) is 0 Å². The molecule has 0 amide bonds. The molecule has 1 N–H and O–H groups in total. The third-order valence-electron chi connectivity index (χ3n) is 2.85. The minimum Gasteiger partial charge on any atom is -0.381 e. The van der Waals surface area contributed by atoms with Crippen LogP contribution in [0, 0.1) is 5.92 Å². The summed E-state index contributed by atoms with van der Waals surface area (Å²) in [7, 11) is 0. The normalized spacial score (nSPS) is 32.6. The Bertz CT molecular complexity index is 181. The third-order valence-corrected chi connectivity index (χ3v) is 2.85. The Morgan fingerprint density at radius 3 is 2.36 bits per heavy atom. The Labute approximate surface area is 91.9 Å². The summed E-state index contributed by atoms with van der Waals surface area (Å²) in [5.41, 5.74) is 0.156. The minimum atomic E-state index is 0. The first kappa shape index (κ1) is 12.2. The van der Waals surface area contributed by atoms with Gasteiger partial charge in [0, 0.05) is 24.7 Å². The average molecular weight is 222 g/mol. The summed E-state index contributed by atoms with van der Waals surface area (Å²) < 4.78 is 11.1. The number of hydrogen-bond acceptors (Lipinski definition) is 3. The molecule has 2 fully saturated rings. The lowest BCUT2D eigenvalue weighted by molar-refractivity contribution is -0.0126. The van der Waals surface area contributed by atoms with Crippen LogP contribution in [0.4, 0.5) is 0 Å². The van der Waals surface area contributed by atoms with Crippen molar-refractivity contribution in [3.63, 3.8) is 0 Å². The maximum absolute atomic E-state index is 5.74. The highest BCUT2D eigenvalue weighted by atomic mass is 35.5. The van der Waals surface area contributed by atoms with E-state index in [1.54, 1.807) is 0 Å². The topological polar surface area (TPSA) is 30.5 Å². The molecule has 2 aliphatic heterocycles. The molecule has 2 aliphatic rings. The molecular formula is C10H20ClNO2. The van der Waals surface area contributed by atoms with Crippen molar-refractivity contribution in [1.29, 1.82) is 0 Å². The molecule has 4 heteroatoms. The van der Waals surface area contributed by atoms with Crippen LogP contribution in [0.2, 0.25) is 0 Å². The van der Waals surface area contributed by atoms with E-state index in [0.717, 1.165) is 32.7 Å². The van der Waals surface area contributed by atoms with Crippen LogP contribution in [-0.2, 0) is 9.47 Å². The van der Waals surface area contributed by atoms with Crippen LogP contribution in [0.5, 0.6) is 0 Å². The van der Waals surface area contributed by atoms with E-state index in [1.165, 1.54) is 0 Å². The largest absolute Gasteiger partial charge is 0.381 e. The lowest BCUT2D eigenvalue weighted by Crippen LogP contribution is -2.43. The molecule has 0 spiro atoms. The van der Waals surface area contributed by atoms with E-state index in [-0.39, 0.29) is 24.2 Å². The van der Waals surface area contributed by atoms with E-state index < -0.39 is 0 Å². The van der Waals surface area contributed by atoms with Gasteiger partial charge >= 0.3 is 0 Å². The highest BCUT2D eigenvalue weighted by Gasteiger charge is 2.36. The first-order valence-electron chi connectivity index (χ1n) is 5.14. The number of rotatable bonds is 1. The van der Waals surface area contributed by atoms with E-state index in [2.05, 4.69) is 19.2 Å². The molecule has 2 saturated heterocycles. The van der Waals surface area contributed by atoms with Gasteiger partial charge in [-0.15, -0.1) is 12.4 Å². The molecule has 0 aromatic heterocycles. The van der Waals surface area contributed by atoms with Crippen LogP contribution < -0.4 is 5.32 Å².